The summed E-state index contributed by atoms with van der Waals surface area (Å²) in [4.78, 5) is 25.8. The van der Waals surface area contributed by atoms with Crippen LogP contribution in [0.25, 0.3) is 0 Å². The van der Waals surface area contributed by atoms with Crippen molar-refractivity contribution in [2.75, 3.05) is 6.61 Å². The average molecular weight is 435 g/mol. The zero-order chi connectivity index (χ0) is 22.7. The largest absolute Gasteiger partial charge is 0.394 e. The fourth-order valence-electron chi connectivity index (χ4n) is 3.51. The highest BCUT2D eigenvalue weighted by atomic mass is 19.1. The molecule has 0 aromatic carbocycles. The fourth-order valence-corrected chi connectivity index (χ4v) is 3.51. The van der Waals surface area contributed by atoms with E-state index in [9.17, 15) is 39.6 Å². The molecule has 1 unspecified atom stereocenters. The van der Waals surface area contributed by atoms with Gasteiger partial charge in [-0.2, -0.15) is 0 Å². The van der Waals surface area contributed by atoms with Crippen LogP contribution < -0.4 is 11.2 Å². The minimum absolute atomic E-state index is 0.0758. The molecule has 0 aliphatic carbocycles. The number of hydroxylamine groups is 2. The maximum atomic E-state index is 14.7. The van der Waals surface area contributed by atoms with Gasteiger partial charge >= 0.3 is 11.6 Å². The van der Waals surface area contributed by atoms with Crippen molar-refractivity contribution >= 4 is 0 Å². The number of aromatic amines is 1. The minimum atomic E-state index is -3.28. The highest BCUT2D eigenvalue weighted by Crippen LogP contribution is 2.44. The Labute approximate surface area is 171 Å². The standard InChI is InChI=1S/C18H30FN3O8/c1-3-4-5-6-7-8-13(19)22(29)17(27)14(24)12(10-23)30-18(17,28)21-9-11(2)15(25)20-16(21)26/h9,12-14,23-24,27-29H,3-8,10H2,1-2H3,(H,20,25,26)/t12-,13?,14-,17-,18-/m1/s1. The Bertz CT molecular complexity index is 832. The van der Waals surface area contributed by atoms with E-state index in [1.807, 2.05) is 11.9 Å². The molecule has 1 aromatic heterocycles. The van der Waals surface area contributed by atoms with Gasteiger partial charge in [-0.15, -0.1) is 5.06 Å². The van der Waals surface area contributed by atoms with Crippen LogP contribution in [0.2, 0.25) is 0 Å². The molecule has 6 N–H and O–H groups in total. The molecule has 30 heavy (non-hydrogen) atoms. The Balaban J connectivity index is 2.41. The fraction of sp³-hybridized carbons (Fsp3) is 0.778. The van der Waals surface area contributed by atoms with Crippen LogP contribution in [0.4, 0.5) is 4.39 Å². The highest BCUT2D eigenvalue weighted by molar-refractivity contribution is 5.09. The molecule has 0 saturated carbocycles. The number of aryl methyl sites for hydroxylation is 1. The number of H-pyrrole nitrogens is 1. The van der Waals surface area contributed by atoms with Gasteiger partial charge in [-0.25, -0.2) is 13.8 Å². The third kappa shape index (κ3) is 4.21. The first-order valence-electron chi connectivity index (χ1n) is 9.91. The monoisotopic (exact) mass is 435 g/mol. The number of aliphatic hydroxyl groups excluding tert-OH is 2. The molecule has 1 saturated heterocycles. The molecule has 1 aliphatic rings. The van der Waals surface area contributed by atoms with Crippen LogP contribution in [0.5, 0.6) is 0 Å². The van der Waals surface area contributed by atoms with E-state index in [0.717, 1.165) is 25.5 Å². The molecule has 11 nitrogen and oxygen atoms in total. The number of rotatable bonds is 10. The van der Waals surface area contributed by atoms with Crippen LogP contribution in [0, 0.1) is 6.92 Å². The Hall–Kier alpha value is -1.67. The second-order valence-electron chi connectivity index (χ2n) is 7.54. The molecule has 172 valence electrons. The lowest BCUT2D eigenvalue weighted by Gasteiger charge is -2.43. The zero-order valence-corrected chi connectivity index (χ0v) is 17.0. The van der Waals surface area contributed by atoms with Crippen LogP contribution in [0.3, 0.4) is 0 Å². The summed E-state index contributed by atoms with van der Waals surface area (Å²) in [5, 5.41) is 52.0. The van der Waals surface area contributed by atoms with Gasteiger partial charge in [0.15, 0.2) is 6.30 Å². The first-order chi connectivity index (χ1) is 14.0. The van der Waals surface area contributed by atoms with Crippen LogP contribution >= 0.6 is 0 Å². The predicted molar refractivity (Wildman–Crippen MR) is 101 cm³/mol. The van der Waals surface area contributed by atoms with E-state index in [1.165, 1.54) is 6.92 Å². The number of hydrogen-bond donors (Lipinski definition) is 6. The number of aliphatic hydroxyl groups is 4. The maximum absolute atomic E-state index is 14.7. The smallest absolute Gasteiger partial charge is 0.332 e. The number of aromatic nitrogens is 2. The van der Waals surface area contributed by atoms with Gasteiger partial charge in [0, 0.05) is 11.8 Å². The Kier molecular flexibility index (Phi) is 7.91. The highest BCUT2D eigenvalue weighted by Gasteiger charge is 2.71. The summed E-state index contributed by atoms with van der Waals surface area (Å²) in [6.07, 6.45) is -1.72. The first-order valence-corrected chi connectivity index (χ1v) is 9.91. The van der Waals surface area contributed by atoms with E-state index in [1.54, 1.807) is 0 Å². The van der Waals surface area contributed by atoms with Gasteiger partial charge in [0.1, 0.15) is 12.2 Å². The lowest BCUT2D eigenvalue weighted by atomic mass is 10.00. The average Bonchev–Trinajstić information content (AvgIpc) is 2.91. The molecule has 1 aromatic rings. The number of nitrogens with zero attached hydrogens (tertiary/aromatic N) is 2. The van der Waals surface area contributed by atoms with E-state index in [-0.39, 0.29) is 17.0 Å². The summed E-state index contributed by atoms with van der Waals surface area (Å²) in [6, 6.07) is 0. The third-order valence-electron chi connectivity index (χ3n) is 5.35. The van der Waals surface area contributed by atoms with Crippen molar-refractivity contribution < 1.29 is 34.8 Å². The summed E-state index contributed by atoms with van der Waals surface area (Å²) in [7, 11) is 0. The number of alkyl halides is 1. The van der Waals surface area contributed by atoms with Crippen molar-refractivity contribution in [3.8, 4) is 0 Å². The van der Waals surface area contributed by atoms with Gasteiger partial charge < -0.3 is 30.4 Å². The number of unbranched alkanes of at least 4 members (excludes halogenated alkanes) is 4. The van der Waals surface area contributed by atoms with Crippen molar-refractivity contribution in [1.29, 1.82) is 0 Å². The van der Waals surface area contributed by atoms with Crippen molar-refractivity contribution in [3.63, 3.8) is 0 Å². The van der Waals surface area contributed by atoms with Crippen LogP contribution in [0.15, 0.2) is 15.8 Å². The van der Waals surface area contributed by atoms with Gasteiger partial charge in [0.05, 0.1) is 6.61 Å². The second kappa shape index (κ2) is 9.64. The Morgan fingerprint density at radius 2 is 1.93 bits per heavy atom. The Morgan fingerprint density at radius 1 is 1.30 bits per heavy atom. The molecular formula is C18H30FN3O8. The SMILES string of the molecule is CCCCCCCC(F)N(O)[C@@]1(O)[C@H](O)[C@@H](CO)O[C@@]1(O)n1cc(C)c(=O)[nH]c1=O. The van der Waals surface area contributed by atoms with Crippen molar-refractivity contribution in [3.05, 3.63) is 32.6 Å². The molecule has 0 radical (unpaired) electrons. The number of ether oxygens (including phenoxy) is 1. The van der Waals surface area contributed by atoms with Gasteiger partial charge in [-0.3, -0.25) is 9.78 Å². The Morgan fingerprint density at radius 3 is 2.53 bits per heavy atom. The van der Waals surface area contributed by atoms with Gasteiger partial charge in [0.2, 0.25) is 5.72 Å². The lowest BCUT2D eigenvalue weighted by molar-refractivity contribution is -0.428. The van der Waals surface area contributed by atoms with Crippen LogP contribution in [-0.4, -0.2) is 71.1 Å². The van der Waals surface area contributed by atoms with Gasteiger partial charge in [-0.1, -0.05) is 32.6 Å². The number of nitrogens with one attached hydrogen (secondary N) is 1. The minimum Gasteiger partial charge on any atom is -0.394 e. The van der Waals surface area contributed by atoms with E-state index in [0.29, 0.717) is 17.4 Å². The van der Waals surface area contributed by atoms with Crippen molar-refractivity contribution in [1.82, 2.24) is 14.6 Å². The molecule has 0 spiro atoms. The summed E-state index contributed by atoms with van der Waals surface area (Å²) in [6.45, 7) is 2.38. The molecule has 2 rings (SSSR count). The van der Waals surface area contributed by atoms with Gasteiger partial charge in [-0.05, 0) is 19.8 Å². The lowest BCUT2D eigenvalue weighted by Crippen LogP contribution is -2.69. The molecule has 2 heterocycles. The van der Waals surface area contributed by atoms with Crippen molar-refractivity contribution in [2.45, 2.75) is 82.5 Å². The molecule has 0 bridgehead atoms. The predicted octanol–water partition coefficient (Wildman–Crippen LogP) is -0.764. The van der Waals surface area contributed by atoms with Crippen molar-refractivity contribution in [2.24, 2.45) is 0 Å². The summed E-state index contributed by atoms with van der Waals surface area (Å²) in [5.41, 5.74) is -5.39. The molecule has 12 heteroatoms. The number of halogens is 1. The van der Waals surface area contributed by atoms with E-state index in [2.05, 4.69) is 0 Å². The third-order valence-corrected chi connectivity index (χ3v) is 5.35. The summed E-state index contributed by atoms with van der Waals surface area (Å²) < 4.78 is 20.2. The van der Waals surface area contributed by atoms with E-state index >= 15 is 0 Å². The normalized spacial score (nSPS) is 30.2. The number of hydrogen-bond acceptors (Lipinski definition) is 9. The maximum Gasteiger partial charge on any atom is 0.332 e. The van der Waals surface area contributed by atoms with Crippen LogP contribution in [-0.2, 0) is 10.6 Å². The van der Waals surface area contributed by atoms with Gasteiger partial charge in [0.25, 0.3) is 5.56 Å². The zero-order valence-electron chi connectivity index (χ0n) is 17.0. The summed E-state index contributed by atoms with van der Waals surface area (Å²) >= 11 is 0. The molecule has 5 atom stereocenters. The second-order valence-corrected chi connectivity index (χ2v) is 7.54. The quantitative estimate of drug-likeness (QED) is 0.120. The molecule has 1 aliphatic heterocycles. The van der Waals surface area contributed by atoms with E-state index in [4.69, 9.17) is 4.74 Å². The summed E-state index contributed by atoms with van der Waals surface area (Å²) in [5.74, 6) is -3.23. The van der Waals surface area contributed by atoms with Crippen LogP contribution in [0.1, 0.15) is 51.0 Å². The molecule has 1 fully saturated rings. The first kappa shape index (κ1) is 24.6. The topological polar surface area (TPSA) is 168 Å². The molecule has 0 amide bonds. The van der Waals surface area contributed by atoms with E-state index < -0.39 is 48.0 Å². The molecular weight excluding hydrogens is 405 g/mol.